The molecule has 1 aliphatic heterocycles. The van der Waals surface area contributed by atoms with Crippen LogP contribution in [0.1, 0.15) is 17.5 Å². The highest BCUT2D eigenvalue weighted by molar-refractivity contribution is 5.17. The Hall–Kier alpha value is -2.56. The Balaban J connectivity index is 1.60. The van der Waals surface area contributed by atoms with Gasteiger partial charge in [0.1, 0.15) is 19.1 Å². The first-order valence-corrected chi connectivity index (χ1v) is 5.86. The van der Waals surface area contributed by atoms with Gasteiger partial charge >= 0.3 is 0 Å². The largest absolute Gasteiger partial charge is 0.471 e. The second kappa shape index (κ2) is 5.39. The van der Waals surface area contributed by atoms with Gasteiger partial charge in [-0.15, -0.1) is 0 Å². The van der Waals surface area contributed by atoms with E-state index >= 15 is 0 Å². The maximum atomic E-state index is 5.51. The molecule has 0 radical (unpaired) electrons. The summed E-state index contributed by atoms with van der Waals surface area (Å²) in [6, 6.07) is 9.31. The van der Waals surface area contributed by atoms with Crippen LogP contribution >= 0.6 is 0 Å². The summed E-state index contributed by atoms with van der Waals surface area (Å²) in [5, 5.41) is 0. The third-order valence-electron chi connectivity index (χ3n) is 2.59. The van der Waals surface area contributed by atoms with Gasteiger partial charge in [-0.25, -0.2) is 4.98 Å². The molecule has 0 N–H and O–H groups in total. The van der Waals surface area contributed by atoms with Crippen LogP contribution < -0.4 is 4.74 Å². The summed E-state index contributed by atoms with van der Waals surface area (Å²) in [5.74, 6) is 0.583. The van der Waals surface area contributed by atoms with E-state index in [4.69, 9.17) is 14.2 Å². The van der Waals surface area contributed by atoms with E-state index in [0.29, 0.717) is 12.5 Å². The van der Waals surface area contributed by atoms with E-state index in [1.165, 1.54) is 12.5 Å². The molecule has 5 heteroatoms. The van der Waals surface area contributed by atoms with Crippen LogP contribution in [0.3, 0.4) is 0 Å². The van der Waals surface area contributed by atoms with Crippen LogP contribution in [0.2, 0.25) is 0 Å². The molecule has 0 spiro atoms. The topological polar surface area (TPSA) is 53.5 Å². The van der Waals surface area contributed by atoms with Gasteiger partial charge in [0.15, 0.2) is 0 Å². The summed E-state index contributed by atoms with van der Waals surface area (Å²) >= 11 is 0. The molecule has 0 unspecified atom stereocenters. The smallest absolute Gasteiger partial charge is 0.267 e. The van der Waals surface area contributed by atoms with Crippen molar-refractivity contribution in [2.45, 2.75) is 12.9 Å². The SMILES string of the molecule is C1=COC(c2ccc(COc3ccccn3)nc2)O1. The first kappa shape index (κ1) is 11.5. The highest BCUT2D eigenvalue weighted by Crippen LogP contribution is 2.23. The van der Waals surface area contributed by atoms with Crippen LogP contribution in [0.15, 0.2) is 55.2 Å². The lowest BCUT2D eigenvalue weighted by molar-refractivity contribution is -0.0248. The van der Waals surface area contributed by atoms with Crippen LogP contribution in [0, 0.1) is 0 Å². The number of hydrogen-bond donors (Lipinski definition) is 0. The summed E-state index contributed by atoms with van der Waals surface area (Å²) in [7, 11) is 0. The van der Waals surface area contributed by atoms with Crippen LogP contribution in [0.4, 0.5) is 0 Å². The summed E-state index contributed by atoms with van der Waals surface area (Å²) < 4.78 is 16.0. The molecule has 0 saturated carbocycles. The fourth-order valence-electron chi connectivity index (χ4n) is 1.64. The van der Waals surface area contributed by atoms with Crippen molar-refractivity contribution in [3.63, 3.8) is 0 Å². The van der Waals surface area contributed by atoms with Crippen molar-refractivity contribution >= 4 is 0 Å². The Kier molecular flexibility index (Phi) is 3.27. The molecule has 0 aliphatic carbocycles. The lowest BCUT2D eigenvalue weighted by Crippen LogP contribution is -2.02. The van der Waals surface area contributed by atoms with Crippen LogP contribution in [0.5, 0.6) is 5.88 Å². The van der Waals surface area contributed by atoms with Gasteiger partial charge in [-0.2, -0.15) is 0 Å². The zero-order chi connectivity index (χ0) is 12.9. The van der Waals surface area contributed by atoms with Crippen LogP contribution in [-0.4, -0.2) is 9.97 Å². The lowest BCUT2D eigenvalue weighted by atomic mass is 10.2. The van der Waals surface area contributed by atoms with E-state index < -0.39 is 6.29 Å². The average molecular weight is 256 g/mol. The summed E-state index contributed by atoms with van der Waals surface area (Å²) in [4.78, 5) is 8.37. The van der Waals surface area contributed by atoms with E-state index in [1.54, 1.807) is 18.5 Å². The molecule has 1 aliphatic rings. The highest BCUT2D eigenvalue weighted by atomic mass is 16.7. The van der Waals surface area contributed by atoms with Gasteiger partial charge in [-0.3, -0.25) is 4.98 Å². The molecule has 0 fully saturated rings. The molecular formula is C14H12N2O3. The van der Waals surface area contributed by atoms with E-state index in [2.05, 4.69) is 9.97 Å². The number of rotatable bonds is 4. The van der Waals surface area contributed by atoms with E-state index in [1.807, 2.05) is 24.3 Å². The Bertz CT molecular complexity index is 547. The lowest BCUT2D eigenvalue weighted by Gasteiger charge is -2.10. The van der Waals surface area contributed by atoms with Crippen molar-refractivity contribution in [1.29, 1.82) is 0 Å². The monoisotopic (exact) mass is 256 g/mol. The zero-order valence-corrected chi connectivity index (χ0v) is 10.1. The van der Waals surface area contributed by atoms with Gasteiger partial charge in [0.2, 0.25) is 5.88 Å². The number of aromatic nitrogens is 2. The number of ether oxygens (including phenoxy) is 3. The van der Waals surface area contributed by atoms with E-state index in [-0.39, 0.29) is 0 Å². The minimum Gasteiger partial charge on any atom is -0.471 e. The summed E-state index contributed by atoms with van der Waals surface area (Å²) in [5.41, 5.74) is 1.69. The highest BCUT2D eigenvalue weighted by Gasteiger charge is 2.15. The van der Waals surface area contributed by atoms with Crippen molar-refractivity contribution in [2.24, 2.45) is 0 Å². The molecule has 0 aromatic carbocycles. The van der Waals surface area contributed by atoms with Crippen molar-refractivity contribution in [3.8, 4) is 5.88 Å². The summed E-state index contributed by atoms with van der Waals surface area (Å²) in [6.07, 6.45) is 6.05. The maximum Gasteiger partial charge on any atom is 0.267 e. The molecule has 0 saturated heterocycles. The predicted octanol–water partition coefficient (Wildman–Crippen LogP) is 2.57. The molecule has 3 rings (SSSR count). The molecule has 5 nitrogen and oxygen atoms in total. The van der Waals surface area contributed by atoms with Gasteiger partial charge in [-0.05, 0) is 18.2 Å². The van der Waals surface area contributed by atoms with E-state index in [0.717, 1.165) is 11.3 Å². The quantitative estimate of drug-likeness (QED) is 0.841. The normalized spacial score (nSPS) is 13.9. The molecule has 96 valence electrons. The molecule has 2 aromatic rings. The standard InChI is InChI=1S/C14H12N2O3/c1-2-6-15-13(3-1)19-10-12-5-4-11(9-16-12)14-17-7-8-18-14/h1-9,14H,10H2. The molecule has 0 bridgehead atoms. The zero-order valence-electron chi connectivity index (χ0n) is 10.1. The molecule has 0 amide bonds. The van der Waals surface area contributed by atoms with Gasteiger partial charge < -0.3 is 14.2 Å². The molecule has 19 heavy (non-hydrogen) atoms. The minimum atomic E-state index is -0.391. The Morgan fingerprint density at radius 1 is 1.05 bits per heavy atom. The predicted molar refractivity (Wildman–Crippen MR) is 66.9 cm³/mol. The maximum absolute atomic E-state index is 5.51. The third kappa shape index (κ3) is 2.82. The second-order valence-corrected chi connectivity index (χ2v) is 3.92. The van der Waals surface area contributed by atoms with Crippen molar-refractivity contribution in [2.75, 3.05) is 0 Å². The molecule has 2 aromatic heterocycles. The fourth-order valence-corrected chi connectivity index (χ4v) is 1.64. The van der Waals surface area contributed by atoms with Gasteiger partial charge in [-0.1, -0.05) is 6.07 Å². The number of pyridine rings is 2. The van der Waals surface area contributed by atoms with Gasteiger partial charge in [0.05, 0.1) is 11.3 Å². The van der Waals surface area contributed by atoms with Crippen molar-refractivity contribution in [1.82, 2.24) is 9.97 Å². The first-order chi connectivity index (χ1) is 9.42. The fraction of sp³-hybridized carbons (Fsp3) is 0.143. The molecule has 3 heterocycles. The Morgan fingerprint density at radius 3 is 2.63 bits per heavy atom. The van der Waals surface area contributed by atoms with Crippen LogP contribution in [0.25, 0.3) is 0 Å². The average Bonchev–Trinajstić information content (AvgIpc) is 3.01. The first-order valence-electron chi connectivity index (χ1n) is 5.86. The van der Waals surface area contributed by atoms with E-state index in [9.17, 15) is 0 Å². The van der Waals surface area contributed by atoms with Crippen molar-refractivity contribution in [3.05, 3.63) is 66.5 Å². The summed E-state index contributed by atoms with van der Waals surface area (Å²) in [6.45, 7) is 0.377. The van der Waals surface area contributed by atoms with Crippen molar-refractivity contribution < 1.29 is 14.2 Å². The number of hydrogen-bond acceptors (Lipinski definition) is 5. The molecule has 0 atom stereocenters. The molecular weight excluding hydrogens is 244 g/mol. The third-order valence-corrected chi connectivity index (χ3v) is 2.59. The van der Waals surface area contributed by atoms with Gasteiger partial charge in [0, 0.05) is 18.5 Å². The Labute approximate surface area is 110 Å². The second-order valence-electron chi connectivity index (χ2n) is 3.92. The number of nitrogens with zero attached hydrogens (tertiary/aromatic N) is 2. The Morgan fingerprint density at radius 2 is 1.95 bits per heavy atom. The van der Waals surface area contributed by atoms with Gasteiger partial charge in [0.25, 0.3) is 6.29 Å². The van der Waals surface area contributed by atoms with Crippen LogP contribution in [-0.2, 0) is 16.1 Å². The minimum absolute atomic E-state index is 0.377.